The molecule has 0 aliphatic heterocycles. The van der Waals surface area contributed by atoms with Crippen LogP contribution in [0.25, 0.3) is 5.69 Å². The van der Waals surface area contributed by atoms with Crippen molar-refractivity contribution in [2.75, 3.05) is 20.3 Å². The SMILES string of the molecule is COCCNCc1cccc(F)c1-n1cccn1. The van der Waals surface area contributed by atoms with E-state index in [1.54, 1.807) is 36.3 Å². The van der Waals surface area contributed by atoms with Crippen LogP contribution in [0.15, 0.2) is 36.7 Å². The van der Waals surface area contributed by atoms with Crippen LogP contribution in [-0.4, -0.2) is 30.0 Å². The Morgan fingerprint density at radius 1 is 1.39 bits per heavy atom. The topological polar surface area (TPSA) is 39.1 Å². The highest BCUT2D eigenvalue weighted by atomic mass is 19.1. The van der Waals surface area contributed by atoms with Gasteiger partial charge in [0.05, 0.1) is 6.61 Å². The third-order valence-electron chi connectivity index (χ3n) is 2.60. The standard InChI is InChI=1S/C13H16FN3O/c1-18-9-7-15-10-11-4-2-5-12(14)13(11)17-8-3-6-16-17/h2-6,8,15H,7,9-10H2,1H3. The minimum atomic E-state index is -0.273. The summed E-state index contributed by atoms with van der Waals surface area (Å²) in [5.41, 5.74) is 1.36. The molecule has 4 nitrogen and oxygen atoms in total. The van der Waals surface area contributed by atoms with Gasteiger partial charge >= 0.3 is 0 Å². The molecular formula is C13H16FN3O. The van der Waals surface area contributed by atoms with Crippen LogP contribution in [-0.2, 0) is 11.3 Å². The van der Waals surface area contributed by atoms with Crippen molar-refractivity contribution in [3.8, 4) is 5.69 Å². The van der Waals surface area contributed by atoms with Crippen LogP contribution in [0, 0.1) is 5.82 Å². The monoisotopic (exact) mass is 249 g/mol. The summed E-state index contributed by atoms with van der Waals surface area (Å²) in [6.45, 7) is 1.94. The number of nitrogens with one attached hydrogen (secondary N) is 1. The number of halogens is 1. The van der Waals surface area contributed by atoms with Gasteiger partial charge in [-0.15, -0.1) is 0 Å². The van der Waals surface area contributed by atoms with E-state index in [-0.39, 0.29) is 5.82 Å². The molecule has 0 unspecified atom stereocenters. The van der Waals surface area contributed by atoms with E-state index in [1.807, 2.05) is 6.07 Å². The van der Waals surface area contributed by atoms with Crippen LogP contribution in [0.5, 0.6) is 0 Å². The van der Waals surface area contributed by atoms with Crippen molar-refractivity contribution in [2.45, 2.75) is 6.54 Å². The van der Waals surface area contributed by atoms with Crippen LogP contribution in [0.4, 0.5) is 4.39 Å². The summed E-state index contributed by atoms with van der Waals surface area (Å²) in [5, 5.41) is 7.28. The molecule has 2 aromatic rings. The van der Waals surface area contributed by atoms with Gasteiger partial charge in [-0.25, -0.2) is 9.07 Å². The Kier molecular flexibility index (Phi) is 4.44. The second-order valence-corrected chi connectivity index (χ2v) is 3.87. The molecule has 0 saturated heterocycles. The number of nitrogens with zero attached hydrogens (tertiary/aromatic N) is 2. The summed E-state index contributed by atoms with van der Waals surface area (Å²) >= 11 is 0. The predicted octanol–water partition coefficient (Wildman–Crippen LogP) is 1.75. The zero-order valence-electron chi connectivity index (χ0n) is 10.3. The number of benzene rings is 1. The average Bonchev–Trinajstić information content (AvgIpc) is 2.88. The number of para-hydroxylation sites is 1. The van der Waals surface area contributed by atoms with Crippen LogP contribution < -0.4 is 5.32 Å². The van der Waals surface area contributed by atoms with Gasteiger partial charge < -0.3 is 10.1 Å². The quantitative estimate of drug-likeness (QED) is 0.793. The molecule has 1 heterocycles. The van der Waals surface area contributed by atoms with Crippen molar-refractivity contribution in [1.82, 2.24) is 15.1 Å². The second kappa shape index (κ2) is 6.28. The Morgan fingerprint density at radius 3 is 3.00 bits per heavy atom. The first-order valence-electron chi connectivity index (χ1n) is 5.80. The van der Waals surface area contributed by atoms with Gasteiger partial charge in [-0.2, -0.15) is 5.10 Å². The van der Waals surface area contributed by atoms with Gasteiger partial charge in [0, 0.05) is 32.6 Å². The smallest absolute Gasteiger partial charge is 0.149 e. The number of methoxy groups -OCH3 is 1. The largest absolute Gasteiger partial charge is 0.383 e. The van der Waals surface area contributed by atoms with E-state index in [4.69, 9.17) is 4.74 Å². The minimum Gasteiger partial charge on any atom is -0.383 e. The second-order valence-electron chi connectivity index (χ2n) is 3.87. The third kappa shape index (κ3) is 2.94. The number of hydrogen-bond donors (Lipinski definition) is 1. The number of rotatable bonds is 6. The molecule has 1 aromatic carbocycles. The van der Waals surface area contributed by atoms with E-state index < -0.39 is 0 Å². The van der Waals surface area contributed by atoms with E-state index in [2.05, 4.69) is 10.4 Å². The lowest BCUT2D eigenvalue weighted by Gasteiger charge is -2.11. The van der Waals surface area contributed by atoms with Gasteiger partial charge in [-0.05, 0) is 17.7 Å². The lowest BCUT2D eigenvalue weighted by molar-refractivity contribution is 0.199. The molecule has 0 amide bonds. The highest BCUT2D eigenvalue weighted by Gasteiger charge is 2.10. The number of ether oxygens (including phenoxy) is 1. The Labute approximate surface area is 105 Å². The van der Waals surface area contributed by atoms with Gasteiger partial charge in [0.2, 0.25) is 0 Å². The fourth-order valence-corrected chi connectivity index (χ4v) is 1.76. The van der Waals surface area contributed by atoms with Crippen molar-refractivity contribution in [3.63, 3.8) is 0 Å². The van der Waals surface area contributed by atoms with Crippen LogP contribution in [0.3, 0.4) is 0 Å². The zero-order chi connectivity index (χ0) is 12.8. The fourth-order valence-electron chi connectivity index (χ4n) is 1.76. The Morgan fingerprint density at radius 2 is 2.28 bits per heavy atom. The van der Waals surface area contributed by atoms with E-state index in [1.165, 1.54) is 6.07 Å². The summed E-state index contributed by atoms with van der Waals surface area (Å²) in [4.78, 5) is 0. The maximum absolute atomic E-state index is 13.9. The first-order chi connectivity index (χ1) is 8.83. The first kappa shape index (κ1) is 12.7. The Bertz CT molecular complexity index is 485. The van der Waals surface area contributed by atoms with Crippen molar-refractivity contribution < 1.29 is 9.13 Å². The van der Waals surface area contributed by atoms with E-state index in [0.717, 1.165) is 12.1 Å². The van der Waals surface area contributed by atoms with E-state index >= 15 is 0 Å². The molecule has 1 N–H and O–H groups in total. The molecule has 0 atom stereocenters. The van der Waals surface area contributed by atoms with Crippen molar-refractivity contribution in [1.29, 1.82) is 0 Å². The molecule has 0 bridgehead atoms. The summed E-state index contributed by atoms with van der Waals surface area (Å²) in [6, 6.07) is 6.81. The van der Waals surface area contributed by atoms with Crippen LogP contribution in [0.1, 0.15) is 5.56 Å². The highest BCUT2D eigenvalue weighted by Crippen LogP contribution is 2.17. The molecule has 96 valence electrons. The maximum atomic E-state index is 13.9. The lowest BCUT2D eigenvalue weighted by atomic mass is 10.1. The predicted molar refractivity (Wildman–Crippen MR) is 67.1 cm³/mol. The number of hydrogen-bond acceptors (Lipinski definition) is 3. The molecule has 0 spiro atoms. The average molecular weight is 249 g/mol. The van der Waals surface area contributed by atoms with Gasteiger partial charge in [0.15, 0.2) is 0 Å². The minimum absolute atomic E-state index is 0.273. The molecule has 18 heavy (non-hydrogen) atoms. The van der Waals surface area contributed by atoms with E-state index in [0.29, 0.717) is 18.8 Å². The molecule has 0 fully saturated rings. The van der Waals surface area contributed by atoms with Gasteiger partial charge in [0.25, 0.3) is 0 Å². The Balaban J connectivity index is 2.17. The summed E-state index contributed by atoms with van der Waals surface area (Å²) < 4.78 is 20.4. The highest BCUT2D eigenvalue weighted by molar-refractivity contribution is 5.41. The van der Waals surface area contributed by atoms with E-state index in [9.17, 15) is 4.39 Å². The summed E-state index contributed by atoms with van der Waals surface area (Å²) in [6.07, 6.45) is 3.37. The van der Waals surface area contributed by atoms with Gasteiger partial charge in [0.1, 0.15) is 11.5 Å². The maximum Gasteiger partial charge on any atom is 0.149 e. The normalized spacial score (nSPS) is 10.8. The number of aromatic nitrogens is 2. The molecule has 0 radical (unpaired) electrons. The molecule has 0 aliphatic rings. The van der Waals surface area contributed by atoms with Crippen molar-refractivity contribution in [2.24, 2.45) is 0 Å². The third-order valence-corrected chi connectivity index (χ3v) is 2.60. The van der Waals surface area contributed by atoms with Crippen LogP contribution in [0.2, 0.25) is 0 Å². The Hall–Kier alpha value is -1.72. The van der Waals surface area contributed by atoms with Crippen molar-refractivity contribution in [3.05, 3.63) is 48.0 Å². The molecule has 2 rings (SSSR count). The molecule has 0 saturated carbocycles. The summed E-state index contributed by atoms with van der Waals surface area (Å²) in [7, 11) is 1.65. The molecule has 5 heteroatoms. The van der Waals surface area contributed by atoms with Crippen molar-refractivity contribution >= 4 is 0 Å². The summed E-state index contributed by atoms with van der Waals surface area (Å²) in [5.74, 6) is -0.273. The molecular weight excluding hydrogens is 233 g/mol. The zero-order valence-corrected chi connectivity index (χ0v) is 10.3. The van der Waals surface area contributed by atoms with Gasteiger partial charge in [-0.1, -0.05) is 12.1 Å². The van der Waals surface area contributed by atoms with Gasteiger partial charge in [-0.3, -0.25) is 0 Å². The molecule has 1 aromatic heterocycles. The van der Waals surface area contributed by atoms with Crippen LogP contribution >= 0.6 is 0 Å². The fraction of sp³-hybridized carbons (Fsp3) is 0.308. The lowest BCUT2D eigenvalue weighted by Crippen LogP contribution is -2.20. The molecule has 0 aliphatic carbocycles. The first-order valence-corrected chi connectivity index (χ1v) is 5.80.